The molecule has 0 radical (unpaired) electrons. The van der Waals surface area contributed by atoms with Gasteiger partial charge in [0.25, 0.3) is 0 Å². The normalized spacial score (nSPS) is 20.6. The van der Waals surface area contributed by atoms with E-state index in [-0.39, 0.29) is 5.78 Å². The minimum atomic E-state index is 0.223. The zero-order valence-electron chi connectivity index (χ0n) is 9.11. The molecular weight excluding hydrogens is 306 g/mol. The lowest BCUT2D eigenvalue weighted by Crippen LogP contribution is -2.35. The van der Waals surface area contributed by atoms with Crippen molar-refractivity contribution in [3.05, 3.63) is 20.8 Å². The first-order chi connectivity index (χ1) is 7.68. The molecule has 0 saturated carbocycles. The zero-order valence-corrected chi connectivity index (χ0v) is 12.3. The Morgan fingerprint density at radius 3 is 3.06 bits per heavy atom. The van der Waals surface area contributed by atoms with E-state index in [2.05, 4.69) is 27.9 Å². The highest BCUT2D eigenvalue weighted by Gasteiger charge is 2.23. The average Bonchev–Trinajstić information content (AvgIpc) is 2.86. The second kappa shape index (κ2) is 5.67. The number of carbonyl (C=O) groups excluding carboxylic acids is 1. The SMILES string of the molecule is CN(CC(=O)c1sccc1Br)C1CCSC1. The summed E-state index contributed by atoms with van der Waals surface area (Å²) >= 11 is 6.90. The lowest BCUT2D eigenvalue weighted by atomic mass is 10.2. The Bertz CT molecular complexity index is 374. The standard InChI is InChI=1S/C11H14BrNOS2/c1-13(8-2-4-15-7-8)6-10(14)11-9(12)3-5-16-11/h3,5,8H,2,4,6-7H2,1H3. The van der Waals surface area contributed by atoms with Crippen LogP contribution >= 0.6 is 39.0 Å². The Kier molecular flexibility index (Phi) is 4.47. The molecule has 0 N–H and O–H groups in total. The maximum absolute atomic E-state index is 12.0. The van der Waals surface area contributed by atoms with Crippen LogP contribution in [-0.4, -0.2) is 41.8 Å². The van der Waals surface area contributed by atoms with Gasteiger partial charge in [-0.2, -0.15) is 11.8 Å². The Morgan fingerprint density at radius 1 is 1.69 bits per heavy atom. The van der Waals surface area contributed by atoms with Crippen LogP contribution in [0.4, 0.5) is 0 Å². The predicted octanol–water partition coefficient (Wildman–Crippen LogP) is 3.13. The summed E-state index contributed by atoms with van der Waals surface area (Å²) in [4.78, 5) is 15.1. The molecule has 1 aliphatic rings. The van der Waals surface area contributed by atoms with Crippen molar-refractivity contribution in [3.63, 3.8) is 0 Å². The van der Waals surface area contributed by atoms with Crippen molar-refractivity contribution in [1.29, 1.82) is 0 Å². The van der Waals surface area contributed by atoms with Gasteiger partial charge in [-0.15, -0.1) is 11.3 Å². The molecule has 0 spiro atoms. The minimum absolute atomic E-state index is 0.223. The molecule has 5 heteroatoms. The second-order valence-electron chi connectivity index (χ2n) is 3.95. The van der Waals surface area contributed by atoms with Crippen molar-refractivity contribution in [2.24, 2.45) is 0 Å². The molecule has 2 nitrogen and oxygen atoms in total. The summed E-state index contributed by atoms with van der Waals surface area (Å²) in [5.74, 6) is 2.61. The van der Waals surface area contributed by atoms with Crippen molar-refractivity contribution in [1.82, 2.24) is 4.90 Å². The van der Waals surface area contributed by atoms with Crippen molar-refractivity contribution in [2.45, 2.75) is 12.5 Å². The summed E-state index contributed by atoms with van der Waals surface area (Å²) in [7, 11) is 2.05. The van der Waals surface area contributed by atoms with Crippen LogP contribution in [-0.2, 0) is 0 Å². The van der Waals surface area contributed by atoms with Crippen molar-refractivity contribution in [3.8, 4) is 0 Å². The fourth-order valence-corrected chi connectivity index (χ4v) is 4.61. The van der Waals surface area contributed by atoms with E-state index in [1.807, 2.05) is 23.2 Å². The van der Waals surface area contributed by atoms with E-state index in [1.54, 1.807) is 0 Å². The molecule has 0 aromatic carbocycles. The van der Waals surface area contributed by atoms with Crippen LogP contribution in [0.15, 0.2) is 15.9 Å². The Hall–Kier alpha value is 0.160. The van der Waals surface area contributed by atoms with Crippen LogP contribution in [0, 0.1) is 0 Å². The number of hydrogen-bond acceptors (Lipinski definition) is 4. The summed E-state index contributed by atoms with van der Waals surface area (Å²) in [5.41, 5.74) is 0. The fourth-order valence-electron chi connectivity index (χ4n) is 1.79. The first kappa shape index (κ1) is 12.6. The molecule has 2 heterocycles. The number of hydrogen-bond donors (Lipinski definition) is 0. The van der Waals surface area contributed by atoms with Crippen LogP contribution in [0.3, 0.4) is 0 Å². The molecule has 1 saturated heterocycles. The first-order valence-electron chi connectivity index (χ1n) is 5.22. The highest BCUT2D eigenvalue weighted by atomic mass is 79.9. The van der Waals surface area contributed by atoms with E-state index in [0.29, 0.717) is 12.6 Å². The highest BCUT2D eigenvalue weighted by molar-refractivity contribution is 9.10. The molecule has 1 aromatic heterocycles. The maximum atomic E-state index is 12.0. The van der Waals surface area contributed by atoms with Crippen LogP contribution < -0.4 is 0 Å². The Labute approximate surface area is 113 Å². The molecule has 0 bridgehead atoms. The van der Waals surface area contributed by atoms with E-state index < -0.39 is 0 Å². The maximum Gasteiger partial charge on any atom is 0.187 e. The van der Waals surface area contributed by atoms with Gasteiger partial charge in [-0.1, -0.05) is 0 Å². The van der Waals surface area contributed by atoms with Crippen LogP contribution in [0.25, 0.3) is 0 Å². The highest BCUT2D eigenvalue weighted by Crippen LogP contribution is 2.25. The number of thioether (sulfide) groups is 1. The minimum Gasteiger partial charge on any atom is -0.295 e. The van der Waals surface area contributed by atoms with Gasteiger partial charge in [0.2, 0.25) is 0 Å². The second-order valence-corrected chi connectivity index (χ2v) is 6.87. The summed E-state index contributed by atoms with van der Waals surface area (Å²) in [6.45, 7) is 0.532. The molecule has 1 unspecified atom stereocenters. The van der Waals surface area contributed by atoms with Crippen LogP contribution in [0.5, 0.6) is 0 Å². The van der Waals surface area contributed by atoms with Gasteiger partial charge >= 0.3 is 0 Å². The van der Waals surface area contributed by atoms with Gasteiger partial charge in [-0.25, -0.2) is 0 Å². The summed E-state index contributed by atoms with van der Waals surface area (Å²) < 4.78 is 0.927. The molecule has 0 aliphatic carbocycles. The van der Waals surface area contributed by atoms with Crippen molar-refractivity contribution < 1.29 is 4.79 Å². The zero-order chi connectivity index (χ0) is 11.5. The molecule has 1 atom stereocenters. The molecule has 1 fully saturated rings. The van der Waals surface area contributed by atoms with Gasteiger partial charge in [-0.05, 0) is 46.6 Å². The van der Waals surface area contributed by atoms with Gasteiger partial charge in [0.1, 0.15) is 0 Å². The van der Waals surface area contributed by atoms with Crippen molar-refractivity contribution >= 4 is 44.8 Å². The number of nitrogens with zero attached hydrogens (tertiary/aromatic N) is 1. The number of Topliss-reactive ketones (excluding diaryl/α,β-unsaturated/α-hetero) is 1. The van der Waals surface area contributed by atoms with E-state index in [1.165, 1.54) is 23.5 Å². The average molecular weight is 320 g/mol. The Morgan fingerprint density at radius 2 is 2.50 bits per heavy atom. The molecule has 16 heavy (non-hydrogen) atoms. The van der Waals surface area contributed by atoms with E-state index >= 15 is 0 Å². The van der Waals surface area contributed by atoms with Gasteiger partial charge in [0.05, 0.1) is 11.4 Å². The molecule has 88 valence electrons. The van der Waals surface area contributed by atoms with Crippen LogP contribution in [0.2, 0.25) is 0 Å². The van der Waals surface area contributed by atoms with E-state index in [0.717, 1.165) is 15.1 Å². The lowest BCUT2D eigenvalue weighted by Gasteiger charge is -2.22. The quantitative estimate of drug-likeness (QED) is 0.795. The third-order valence-electron chi connectivity index (χ3n) is 2.79. The van der Waals surface area contributed by atoms with Gasteiger partial charge in [0.15, 0.2) is 5.78 Å². The largest absolute Gasteiger partial charge is 0.295 e. The topological polar surface area (TPSA) is 20.3 Å². The number of carbonyl (C=O) groups is 1. The first-order valence-corrected chi connectivity index (χ1v) is 8.05. The summed E-state index contributed by atoms with van der Waals surface area (Å²) in [6.07, 6.45) is 1.21. The van der Waals surface area contributed by atoms with Crippen LogP contribution in [0.1, 0.15) is 16.1 Å². The monoisotopic (exact) mass is 319 g/mol. The van der Waals surface area contributed by atoms with E-state index in [4.69, 9.17) is 0 Å². The lowest BCUT2D eigenvalue weighted by molar-refractivity contribution is 0.0930. The smallest absolute Gasteiger partial charge is 0.187 e. The molecular formula is C11H14BrNOS2. The molecule has 1 aliphatic heterocycles. The number of halogens is 1. The van der Waals surface area contributed by atoms with E-state index in [9.17, 15) is 4.79 Å². The van der Waals surface area contributed by atoms with Gasteiger partial charge in [0, 0.05) is 16.3 Å². The predicted molar refractivity (Wildman–Crippen MR) is 74.7 cm³/mol. The molecule has 2 rings (SSSR count). The Balaban J connectivity index is 1.94. The number of thiophene rings is 1. The van der Waals surface area contributed by atoms with Crippen molar-refractivity contribution in [2.75, 3.05) is 25.1 Å². The number of ketones is 1. The third-order valence-corrected chi connectivity index (χ3v) is 5.82. The number of rotatable bonds is 4. The summed E-state index contributed by atoms with van der Waals surface area (Å²) in [6, 6.07) is 2.51. The number of likely N-dealkylation sites (N-methyl/N-ethyl adjacent to an activating group) is 1. The molecule has 0 amide bonds. The molecule has 1 aromatic rings. The van der Waals surface area contributed by atoms with Gasteiger partial charge < -0.3 is 0 Å². The van der Waals surface area contributed by atoms with Gasteiger partial charge in [-0.3, -0.25) is 9.69 Å². The third kappa shape index (κ3) is 2.88. The fraction of sp³-hybridized carbons (Fsp3) is 0.545. The summed E-state index contributed by atoms with van der Waals surface area (Å²) in [5, 5.41) is 1.95.